The third kappa shape index (κ3) is 4.00. The minimum Gasteiger partial charge on any atom is -0.0635 e. The van der Waals surface area contributed by atoms with Crippen LogP contribution in [0.1, 0.15) is 16.7 Å². The first-order chi connectivity index (χ1) is 16.3. The van der Waals surface area contributed by atoms with Gasteiger partial charge in [0.2, 0.25) is 0 Å². The normalized spacial score (nSPS) is 11.5. The van der Waals surface area contributed by atoms with E-state index in [0.717, 1.165) is 5.19 Å². The largest absolute Gasteiger partial charge is 0.0730 e. The van der Waals surface area contributed by atoms with Crippen LogP contribution in [-0.4, -0.2) is 10.2 Å². The zero-order valence-corrected chi connectivity index (χ0v) is 20.2. The van der Waals surface area contributed by atoms with Crippen molar-refractivity contribution >= 4 is 34.0 Å². The van der Waals surface area contributed by atoms with Gasteiger partial charge in [-0.2, -0.15) is 0 Å². The zero-order chi connectivity index (χ0) is 22.5. The third-order valence-electron chi connectivity index (χ3n) is 6.06. The van der Waals surface area contributed by atoms with Crippen molar-refractivity contribution in [1.29, 1.82) is 0 Å². The van der Waals surface area contributed by atoms with Gasteiger partial charge in [-0.3, -0.25) is 0 Å². The van der Waals surface area contributed by atoms with E-state index in [0.29, 0.717) is 0 Å². The van der Waals surface area contributed by atoms with Crippen LogP contribution in [0, 0.1) is 0 Å². The van der Waals surface area contributed by atoms with Crippen molar-refractivity contribution < 1.29 is 0 Å². The summed E-state index contributed by atoms with van der Waals surface area (Å²) in [4.78, 5) is 0. The van der Waals surface area contributed by atoms with Crippen molar-refractivity contribution in [2.45, 2.75) is 5.16 Å². The molecule has 0 heterocycles. The predicted octanol–water partition coefficient (Wildman–Crippen LogP) is 5.91. The molecule has 0 spiro atoms. The van der Waals surface area contributed by atoms with Gasteiger partial charge in [-0.25, -0.2) is 0 Å². The monoisotopic (exact) mass is 455 g/mol. The maximum atomic E-state index is 4.01. The fourth-order valence-corrected chi connectivity index (χ4v) is 8.44. The van der Waals surface area contributed by atoms with Gasteiger partial charge in [-0.1, -0.05) is 151 Å². The Morgan fingerprint density at radius 1 is 0.424 bits per heavy atom. The second-order valence-electron chi connectivity index (χ2n) is 7.99. The van der Waals surface area contributed by atoms with Crippen molar-refractivity contribution in [2.75, 3.05) is 0 Å². The molecule has 33 heavy (non-hydrogen) atoms. The third-order valence-corrected chi connectivity index (χ3v) is 9.56. The van der Waals surface area contributed by atoms with Crippen LogP contribution in [0.25, 0.3) is 0 Å². The second kappa shape index (κ2) is 9.71. The lowest BCUT2D eigenvalue weighted by molar-refractivity contribution is 0.892. The van der Waals surface area contributed by atoms with Gasteiger partial charge in [0.1, 0.15) is 0 Å². The van der Waals surface area contributed by atoms with Crippen molar-refractivity contribution in [3.8, 4) is 0 Å². The summed E-state index contributed by atoms with van der Waals surface area (Å²) in [5, 5.41) is 3.42. The average Bonchev–Trinajstić information content (AvgIpc) is 2.90. The number of hydrogen-bond donors (Lipinski definition) is 0. The molecule has 5 rings (SSSR count). The molecule has 5 aromatic rings. The van der Waals surface area contributed by atoms with Crippen LogP contribution in [-0.2, 0) is 5.16 Å². The van der Waals surface area contributed by atoms with Gasteiger partial charge >= 0.3 is 0 Å². The summed E-state index contributed by atoms with van der Waals surface area (Å²) in [7, 11) is 3.14. The second-order valence-corrected chi connectivity index (χ2v) is 10.9. The summed E-state index contributed by atoms with van der Waals surface area (Å²) in [6.45, 7) is 0. The fraction of sp³-hybridized carbons (Fsp3) is 0.0323. The Kier molecular flexibility index (Phi) is 6.35. The zero-order valence-electron chi connectivity index (χ0n) is 18.3. The van der Waals surface area contributed by atoms with Crippen molar-refractivity contribution in [1.82, 2.24) is 0 Å². The molecule has 5 aromatic carbocycles. The molecule has 0 bridgehead atoms. The van der Waals surface area contributed by atoms with Gasteiger partial charge in [0.05, 0.1) is 15.4 Å². The molecule has 157 valence electrons. The molecule has 0 nitrogen and oxygen atoms in total. The van der Waals surface area contributed by atoms with E-state index in [9.17, 15) is 0 Å². The maximum absolute atomic E-state index is 4.01. The molecule has 2 heteroatoms. The summed E-state index contributed by atoms with van der Waals surface area (Å²) < 4.78 is 0. The molecule has 3 radical (unpaired) electrons. The Labute approximate surface area is 201 Å². The Morgan fingerprint density at radius 2 is 0.788 bits per heavy atom. The lowest BCUT2D eigenvalue weighted by atomic mass is 9.84. The Morgan fingerprint density at radius 3 is 1.21 bits per heavy atom. The summed E-state index contributed by atoms with van der Waals surface area (Å²) >= 11 is 0. The first kappa shape index (κ1) is 21.6. The highest BCUT2D eigenvalue weighted by molar-refractivity contribution is 7.74. The van der Waals surface area contributed by atoms with E-state index in [1.807, 2.05) is 0 Å². The van der Waals surface area contributed by atoms with E-state index in [1.54, 1.807) is 0 Å². The Balaban J connectivity index is 1.97. The lowest BCUT2D eigenvalue weighted by Gasteiger charge is -2.44. The van der Waals surface area contributed by atoms with Crippen LogP contribution in [0.4, 0.5) is 0 Å². The SMILES string of the molecule is [Si]c1ccccc1C(c1ccccc1)(c1ccccc1)P(c1ccccc1)c1ccccc1. The number of benzene rings is 5. The highest BCUT2D eigenvalue weighted by atomic mass is 31.1. The Bertz CT molecular complexity index is 1220. The highest BCUT2D eigenvalue weighted by Gasteiger charge is 2.45. The van der Waals surface area contributed by atoms with Crippen LogP contribution >= 0.6 is 7.92 Å². The van der Waals surface area contributed by atoms with E-state index in [-0.39, 0.29) is 5.16 Å². The quantitative estimate of drug-likeness (QED) is 0.170. The molecule has 0 fully saturated rings. The first-order valence-corrected chi connectivity index (χ1v) is 13.0. The molecule has 0 aliphatic heterocycles. The van der Waals surface area contributed by atoms with Gasteiger partial charge in [0.25, 0.3) is 0 Å². The van der Waals surface area contributed by atoms with E-state index in [1.165, 1.54) is 27.3 Å². The summed E-state index contributed by atoms with van der Waals surface area (Å²) in [6.07, 6.45) is 0. The smallest absolute Gasteiger partial charge is 0.0635 e. The van der Waals surface area contributed by atoms with E-state index >= 15 is 0 Å². The van der Waals surface area contributed by atoms with Crippen LogP contribution in [0.5, 0.6) is 0 Å². The van der Waals surface area contributed by atoms with Crippen LogP contribution in [0.3, 0.4) is 0 Å². The minimum absolute atomic E-state index is 0.390. The molecule has 0 saturated heterocycles. The van der Waals surface area contributed by atoms with Gasteiger partial charge in [-0.15, -0.1) is 0 Å². The Hall–Kier alpha value is -3.25. The molecule has 0 unspecified atom stereocenters. The molecule has 0 saturated carbocycles. The van der Waals surface area contributed by atoms with Crippen LogP contribution in [0.15, 0.2) is 146 Å². The lowest BCUT2D eigenvalue weighted by Crippen LogP contribution is -2.39. The molecule has 0 N–H and O–H groups in total. The van der Waals surface area contributed by atoms with Crippen LogP contribution < -0.4 is 15.8 Å². The van der Waals surface area contributed by atoms with Crippen LogP contribution in [0.2, 0.25) is 0 Å². The van der Waals surface area contributed by atoms with Gasteiger partial charge in [0.15, 0.2) is 0 Å². The van der Waals surface area contributed by atoms with E-state index in [2.05, 4.69) is 156 Å². The minimum atomic E-state index is -0.875. The van der Waals surface area contributed by atoms with E-state index in [4.69, 9.17) is 0 Å². The summed E-state index contributed by atoms with van der Waals surface area (Å²) in [6, 6.07) is 52.7. The number of rotatable bonds is 6. The molecule has 0 amide bonds. The summed E-state index contributed by atoms with van der Waals surface area (Å²) in [5.41, 5.74) is 3.86. The number of hydrogen-bond acceptors (Lipinski definition) is 0. The first-order valence-electron chi connectivity index (χ1n) is 11.1. The standard InChI is InChI=1S/C31H24PSi/c33-30-24-14-13-23-29(30)31(25-15-5-1-6-16-25,26-17-7-2-8-18-26)32(27-19-9-3-10-20-27)28-21-11-4-12-22-28/h1-24H. The predicted molar refractivity (Wildman–Crippen MR) is 144 cm³/mol. The highest BCUT2D eigenvalue weighted by Crippen LogP contribution is 2.61. The fourth-order valence-electron chi connectivity index (χ4n) is 4.70. The summed E-state index contributed by atoms with van der Waals surface area (Å²) in [5.74, 6) is 0. The molecular weight excluding hydrogens is 431 g/mol. The maximum Gasteiger partial charge on any atom is 0.0730 e. The van der Waals surface area contributed by atoms with Gasteiger partial charge in [-0.05, 0) is 35.2 Å². The van der Waals surface area contributed by atoms with Crippen molar-refractivity contribution in [3.63, 3.8) is 0 Å². The van der Waals surface area contributed by atoms with Gasteiger partial charge in [0, 0.05) is 0 Å². The van der Waals surface area contributed by atoms with Gasteiger partial charge < -0.3 is 0 Å². The van der Waals surface area contributed by atoms with E-state index < -0.39 is 7.92 Å². The molecule has 0 aliphatic carbocycles. The topological polar surface area (TPSA) is 0 Å². The molecule has 0 aromatic heterocycles. The van der Waals surface area contributed by atoms with Crippen molar-refractivity contribution in [3.05, 3.63) is 162 Å². The van der Waals surface area contributed by atoms with Crippen molar-refractivity contribution in [2.24, 2.45) is 0 Å². The molecule has 0 atom stereocenters. The molecule has 0 aliphatic rings. The molecular formula is C31H24PSi. The average molecular weight is 456 g/mol.